The molecular formula is C15H12F3N5O. The lowest BCUT2D eigenvalue weighted by Crippen LogP contribution is -2.31. The van der Waals surface area contributed by atoms with Gasteiger partial charge in [0.1, 0.15) is 5.75 Å². The maximum absolute atomic E-state index is 12.4. The average Bonchev–Trinajstić information content (AvgIpc) is 3.02. The van der Waals surface area contributed by atoms with Crippen molar-refractivity contribution in [3.05, 3.63) is 53.6 Å². The Morgan fingerprint density at radius 2 is 2.21 bits per heavy atom. The molecule has 0 saturated carbocycles. The molecule has 3 rings (SSSR count). The zero-order valence-electron chi connectivity index (χ0n) is 12.3. The third-order valence-corrected chi connectivity index (χ3v) is 3.44. The number of aromatic nitrogens is 2. The van der Waals surface area contributed by atoms with Crippen LogP contribution < -0.4 is 10.2 Å². The maximum atomic E-state index is 12.4. The summed E-state index contributed by atoms with van der Waals surface area (Å²) in [6.07, 6.45) is -1.08. The van der Waals surface area contributed by atoms with Gasteiger partial charge in [0.05, 0.1) is 24.5 Å². The highest BCUT2D eigenvalue weighted by atomic mass is 19.4. The number of alkyl halides is 3. The van der Waals surface area contributed by atoms with Crippen LogP contribution in [0.5, 0.6) is 5.75 Å². The molecular weight excluding hydrogens is 323 g/mol. The number of benzene rings is 1. The Labute approximate surface area is 135 Å². The van der Waals surface area contributed by atoms with E-state index in [0.29, 0.717) is 29.9 Å². The Morgan fingerprint density at radius 1 is 1.38 bits per heavy atom. The molecule has 0 saturated heterocycles. The van der Waals surface area contributed by atoms with Gasteiger partial charge in [-0.2, -0.15) is 10.2 Å². The Morgan fingerprint density at radius 3 is 2.92 bits per heavy atom. The largest absolute Gasteiger partial charge is 0.573 e. The van der Waals surface area contributed by atoms with Crippen molar-refractivity contribution in [2.24, 2.45) is 5.10 Å². The van der Waals surface area contributed by atoms with Crippen LogP contribution in [-0.2, 0) is 0 Å². The van der Waals surface area contributed by atoms with Crippen molar-refractivity contribution in [1.82, 2.24) is 15.2 Å². The minimum absolute atomic E-state index is 0.275. The molecule has 124 valence electrons. The average molecular weight is 335 g/mol. The van der Waals surface area contributed by atoms with E-state index in [-0.39, 0.29) is 11.8 Å². The standard InChI is InChI=1S/C15H12F3N5O/c1-19-11-8-21-23(9-11)13-5-6-20-22-14(13)10-3-2-4-12(7-10)24-15(16,17)18/h2-4,7-9,13,20H,5-6H2. The highest BCUT2D eigenvalue weighted by Gasteiger charge is 2.31. The second kappa shape index (κ2) is 6.23. The normalized spacial score (nSPS) is 17.6. The van der Waals surface area contributed by atoms with E-state index >= 15 is 0 Å². The van der Waals surface area contributed by atoms with E-state index in [9.17, 15) is 13.2 Å². The van der Waals surface area contributed by atoms with Crippen LogP contribution in [0.3, 0.4) is 0 Å². The van der Waals surface area contributed by atoms with Crippen molar-refractivity contribution in [1.29, 1.82) is 0 Å². The zero-order valence-corrected chi connectivity index (χ0v) is 12.3. The molecule has 0 amide bonds. The summed E-state index contributed by atoms with van der Waals surface area (Å²) in [5.74, 6) is -0.311. The van der Waals surface area contributed by atoms with Crippen molar-refractivity contribution >= 4 is 11.4 Å². The van der Waals surface area contributed by atoms with Gasteiger partial charge in [-0.15, -0.1) is 13.2 Å². The molecule has 1 unspecified atom stereocenters. The van der Waals surface area contributed by atoms with Gasteiger partial charge in [0.15, 0.2) is 0 Å². The van der Waals surface area contributed by atoms with Gasteiger partial charge in [-0.25, -0.2) is 4.85 Å². The van der Waals surface area contributed by atoms with Crippen LogP contribution in [0.25, 0.3) is 4.85 Å². The summed E-state index contributed by atoms with van der Waals surface area (Å²) < 4.78 is 42.7. The van der Waals surface area contributed by atoms with Crippen molar-refractivity contribution in [2.75, 3.05) is 6.54 Å². The molecule has 0 fully saturated rings. The molecule has 0 aliphatic carbocycles. The molecule has 1 atom stereocenters. The summed E-state index contributed by atoms with van der Waals surface area (Å²) in [5, 5.41) is 8.37. The van der Waals surface area contributed by atoms with E-state index in [4.69, 9.17) is 6.57 Å². The van der Waals surface area contributed by atoms with E-state index in [2.05, 4.69) is 25.2 Å². The summed E-state index contributed by atoms with van der Waals surface area (Å²) in [6.45, 7) is 7.60. The van der Waals surface area contributed by atoms with Crippen LogP contribution in [-0.4, -0.2) is 28.4 Å². The molecule has 0 radical (unpaired) electrons. The first kappa shape index (κ1) is 15.9. The smallest absolute Gasteiger partial charge is 0.406 e. The number of rotatable bonds is 3. The number of halogens is 3. The van der Waals surface area contributed by atoms with Gasteiger partial charge in [0.25, 0.3) is 0 Å². The molecule has 1 aromatic carbocycles. The van der Waals surface area contributed by atoms with Crippen LogP contribution in [0.1, 0.15) is 18.0 Å². The van der Waals surface area contributed by atoms with Crippen LogP contribution in [0.15, 0.2) is 41.8 Å². The van der Waals surface area contributed by atoms with Gasteiger partial charge in [0, 0.05) is 18.3 Å². The predicted octanol–water partition coefficient (Wildman–Crippen LogP) is 3.27. The lowest BCUT2D eigenvalue weighted by Gasteiger charge is -2.24. The summed E-state index contributed by atoms with van der Waals surface area (Å²) in [7, 11) is 0. The number of hydrogen-bond acceptors (Lipinski definition) is 4. The molecule has 2 heterocycles. The van der Waals surface area contributed by atoms with Gasteiger partial charge in [-0.1, -0.05) is 12.1 Å². The monoisotopic (exact) mass is 335 g/mol. The molecule has 9 heteroatoms. The second-order valence-electron chi connectivity index (χ2n) is 5.08. The van der Waals surface area contributed by atoms with E-state index in [1.807, 2.05) is 0 Å². The highest BCUT2D eigenvalue weighted by Crippen LogP contribution is 2.27. The fourth-order valence-corrected chi connectivity index (χ4v) is 2.48. The molecule has 1 aromatic heterocycles. The molecule has 1 aliphatic heterocycles. The van der Waals surface area contributed by atoms with E-state index in [0.717, 1.165) is 0 Å². The molecule has 0 spiro atoms. The maximum Gasteiger partial charge on any atom is 0.573 e. The van der Waals surface area contributed by atoms with Gasteiger partial charge in [0.2, 0.25) is 5.69 Å². The molecule has 24 heavy (non-hydrogen) atoms. The Kier molecular flexibility index (Phi) is 4.12. The topological polar surface area (TPSA) is 55.8 Å². The Hall–Kier alpha value is -3.02. The van der Waals surface area contributed by atoms with E-state index in [1.54, 1.807) is 16.9 Å². The lowest BCUT2D eigenvalue weighted by atomic mass is 9.99. The summed E-state index contributed by atoms with van der Waals surface area (Å²) in [6, 6.07) is 5.36. The minimum atomic E-state index is -4.75. The Bertz CT molecular complexity index is 806. The lowest BCUT2D eigenvalue weighted by molar-refractivity contribution is -0.274. The van der Waals surface area contributed by atoms with Gasteiger partial charge >= 0.3 is 6.36 Å². The highest BCUT2D eigenvalue weighted by molar-refractivity contribution is 6.03. The van der Waals surface area contributed by atoms with Gasteiger partial charge in [-0.05, 0) is 18.6 Å². The van der Waals surface area contributed by atoms with Crippen molar-refractivity contribution in [3.8, 4) is 5.75 Å². The summed E-state index contributed by atoms with van der Waals surface area (Å²) in [5.41, 5.74) is 4.27. The second-order valence-corrected chi connectivity index (χ2v) is 5.08. The molecule has 1 N–H and O–H groups in total. The SMILES string of the molecule is [C-]#[N+]c1cnn(C2CCNN=C2c2cccc(OC(F)(F)F)c2)c1. The third-order valence-electron chi connectivity index (χ3n) is 3.44. The number of ether oxygens (including phenoxy) is 1. The van der Waals surface area contributed by atoms with Crippen LogP contribution >= 0.6 is 0 Å². The summed E-state index contributed by atoms with van der Waals surface area (Å²) in [4.78, 5) is 3.30. The van der Waals surface area contributed by atoms with Crippen LogP contribution in [0.4, 0.5) is 18.9 Å². The number of hydrogen-bond donors (Lipinski definition) is 1. The third kappa shape index (κ3) is 3.48. The summed E-state index contributed by atoms with van der Waals surface area (Å²) >= 11 is 0. The van der Waals surface area contributed by atoms with E-state index < -0.39 is 6.36 Å². The molecule has 2 aromatic rings. The van der Waals surface area contributed by atoms with Gasteiger partial charge < -0.3 is 10.2 Å². The van der Waals surface area contributed by atoms with Crippen LogP contribution in [0.2, 0.25) is 0 Å². The first-order chi connectivity index (χ1) is 11.5. The first-order valence-corrected chi connectivity index (χ1v) is 7.04. The van der Waals surface area contributed by atoms with Gasteiger partial charge in [-0.3, -0.25) is 4.68 Å². The Balaban J connectivity index is 1.92. The molecule has 6 nitrogen and oxygen atoms in total. The molecule has 0 bridgehead atoms. The zero-order chi connectivity index (χ0) is 17.2. The quantitative estimate of drug-likeness (QED) is 0.876. The number of hydrazone groups is 1. The first-order valence-electron chi connectivity index (χ1n) is 7.04. The van der Waals surface area contributed by atoms with Crippen molar-refractivity contribution in [2.45, 2.75) is 18.8 Å². The van der Waals surface area contributed by atoms with Crippen LogP contribution in [0, 0.1) is 6.57 Å². The minimum Gasteiger partial charge on any atom is -0.406 e. The number of nitrogens with zero attached hydrogens (tertiary/aromatic N) is 4. The fraction of sp³-hybridized carbons (Fsp3) is 0.267. The molecule has 1 aliphatic rings. The van der Waals surface area contributed by atoms with Crippen molar-refractivity contribution < 1.29 is 17.9 Å². The van der Waals surface area contributed by atoms with Crippen molar-refractivity contribution in [3.63, 3.8) is 0 Å². The van der Waals surface area contributed by atoms with E-state index in [1.165, 1.54) is 24.4 Å². The number of nitrogens with one attached hydrogen (secondary N) is 1. The predicted molar refractivity (Wildman–Crippen MR) is 79.8 cm³/mol. The fourth-order valence-electron chi connectivity index (χ4n) is 2.48.